The van der Waals surface area contributed by atoms with Crippen LogP contribution in [0.25, 0.3) is 6.08 Å². The van der Waals surface area contributed by atoms with Crippen molar-refractivity contribution in [2.24, 2.45) is 0 Å². The third-order valence-electron chi connectivity index (χ3n) is 5.29. The molecule has 0 aliphatic heterocycles. The van der Waals surface area contributed by atoms with E-state index in [1.807, 2.05) is 70.2 Å². The van der Waals surface area contributed by atoms with E-state index in [1.54, 1.807) is 18.2 Å². The lowest BCUT2D eigenvalue weighted by Gasteiger charge is -2.14. The number of nitriles is 1. The molecule has 0 saturated heterocycles. The average Bonchev–Trinajstić information content (AvgIpc) is 2.76. The van der Waals surface area contributed by atoms with E-state index in [9.17, 15) is 10.1 Å². The normalized spacial score (nSPS) is 11.1. The van der Waals surface area contributed by atoms with Crippen molar-refractivity contribution in [2.45, 2.75) is 34.3 Å². The minimum Gasteiger partial charge on any atom is -0.488 e. The van der Waals surface area contributed by atoms with E-state index in [2.05, 4.69) is 5.32 Å². The predicted molar refractivity (Wildman–Crippen MR) is 135 cm³/mol. The van der Waals surface area contributed by atoms with Gasteiger partial charge < -0.3 is 10.1 Å². The van der Waals surface area contributed by atoms with Gasteiger partial charge in [-0.15, -0.1) is 0 Å². The molecule has 0 aromatic heterocycles. The van der Waals surface area contributed by atoms with Crippen LogP contribution in [0, 0.1) is 39.0 Å². The maximum atomic E-state index is 12.6. The smallest absolute Gasteiger partial charge is 0.266 e. The van der Waals surface area contributed by atoms with E-state index >= 15 is 0 Å². The summed E-state index contributed by atoms with van der Waals surface area (Å²) in [5, 5.41) is 13.3. The van der Waals surface area contributed by atoms with Crippen LogP contribution in [0.2, 0.25) is 10.0 Å². The van der Waals surface area contributed by atoms with E-state index in [4.69, 9.17) is 27.9 Å². The molecule has 33 heavy (non-hydrogen) atoms. The average molecular weight is 479 g/mol. The van der Waals surface area contributed by atoms with Crippen LogP contribution >= 0.6 is 23.2 Å². The number of carbonyl (C=O) groups is 1. The number of nitrogens with one attached hydrogen (secondary N) is 1. The number of carbonyl (C=O) groups excluding carboxylic acids is 1. The first-order valence-corrected chi connectivity index (χ1v) is 11.1. The summed E-state index contributed by atoms with van der Waals surface area (Å²) in [5.41, 5.74) is 6.33. The number of anilines is 1. The molecule has 3 aromatic carbocycles. The zero-order valence-electron chi connectivity index (χ0n) is 18.9. The zero-order chi connectivity index (χ0) is 24.1. The highest BCUT2D eigenvalue weighted by atomic mass is 35.5. The Kier molecular flexibility index (Phi) is 7.81. The second-order valence-electron chi connectivity index (χ2n) is 7.94. The second-order valence-corrected chi connectivity index (χ2v) is 8.76. The van der Waals surface area contributed by atoms with E-state index in [1.165, 1.54) is 0 Å². The van der Waals surface area contributed by atoms with Crippen molar-refractivity contribution in [3.05, 3.63) is 97.5 Å². The molecule has 0 radical (unpaired) electrons. The van der Waals surface area contributed by atoms with Gasteiger partial charge in [-0.1, -0.05) is 35.3 Å². The number of aryl methyl sites for hydroxylation is 4. The van der Waals surface area contributed by atoms with Crippen molar-refractivity contribution >= 4 is 40.9 Å². The van der Waals surface area contributed by atoms with Gasteiger partial charge in [0, 0.05) is 5.69 Å². The van der Waals surface area contributed by atoms with E-state index in [-0.39, 0.29) is 5.57 Å². The van der Waals surface area contributed by atoms with Crippen LogP contribution in [0.5, 0.6) is 5.75 Å². The van der Waals surface area contributed by atoms with Gasteiger partial charge in [0.15, 0.2) is 0 Å². The fraction of sp³-hybridized carbons (Fsp3) is 0.185. The van der Waals surface area contributed by atoms with Gasteiger partial charge in [-0.25, -0.2) is 0 Å². The Morgan fingerprint density at radius 3 is 2.24 bits per heavy atom. The zero-order valence-corrected chi connectivity index (χ0v) is 20.4. The molecule has 168 valence electrons. The minimum atomic E-state index is -0.448. The summed E-state index contributed by atoms with van der Waals surface area (Å²) >= 11 is 12.0. The van der Waals surface area contributed by atoms with Crippen LogP contribution in [0.1, 0.15) is 33.4 Å². The van der Waals surface area contributed by atoms with E-state index in [0.717, 1.165) is 39.1 Å². The first-order chi connectivity index (χ1) is 15.7. The first kappa shape index (κ1) is 24.4. The third-order valence-corrected chi connectivity index (χ3v) is 6.03. The monoisotopic (exact) mass is 478 g/mol. The van der Waals surface area contributed by atoms with Gasteiger partial charge >= 0.3 is 0 Å². The van der Waals surface area contributed by atoms with Gasteiger partial charge in [-0.2, -0.15) is 5.26 Å². The van der Waals surface area contributed by atoms with Crippen LogP contribution in [0.4, 0.5) is 5.69 Å². The molecular weight excluding hydrogens is 455 g/mol. The lowest BCUT2D eigenvalue weighted by atomic mass is 10.0. The number of amides is 1. The van der Waals surface area contributed by atoms with Gasteiger partial charge in [-0.05, 0) is 104 Å². The molecule has 4 nitrogen and oxygen atoms in total. The Bertz CT molecular complexity index is 1270. The highest BCUT2D eigenvalue weighted by Gasteiger charge is 2.12. The molecule has 1 amide bonds. The van der Waals surface area contributed by atoms with Gasteiger partial charge in [0.2, 0.25) is 0 Å². The molecule has 1 N–H and O–H groups in total. The van der Waals surface area contributed by atoms with Crippen molar-refractivity contribution in [3.63, 3.8) is 0 Å². The second kappa shape index (κ2) is 10.6. The van der Waals surface area contributed by atoms with E-state index < -0.39 is 5.91 Å². The highest BCUT2D eigenvalue weighted by molar-refractivity contribution is 6.42. The SMILES string of the molecule is Cc1ccc(NC(=O)/C(C#N)=C/c2cc(C)c(OCc3ccc(Cl)c(Cl)c3)c(C)c2)cc1C. The molecule has 0 atom stereocenters. The Morgan fingerprint density at radius 2 is 1.64 bits per heavy atom. The summed E-state index contributed by atoms with van der Waals surface area (Å²) in [7, 11) is 0. The number of rotatable bonds is 6. The van der Waals surface area contributed by atoms with Gasteiger partial charge in [0.05, 0.1) is 10.0 Å². The largest absolute Gasteiger partial charge is 0.488 e. The van der Waals surface area contributed by atoms with Gasteiger partial charge in [0.1, 0.15) is 24.0 Å². The lowest BCUT2D eigenvalue weighted by Crippen LogP contribution is -2.13. The predicted octanol–water partition coefficient (Wildman–Crippen LogP) is 7.35. The topological polar surface area (TPSA) is 62.1 Å². The minimum absolute atomic E-state index is 0.0245. The van der Waals surface area contributed by atoms with Gasteiger partial charge in [0.25, 0.3) is 5.91 Å². The summed E-state index contributed by atoms with van der Waals surface area (Å²) in [6.45, 7) is 8.17. The van der Waals surface area contributed by atoms with Crippen LogP contribution in [-0.4, -0.2) is 5.91 Å². The number of benzene rings is 3. The summed E-state index contributed by atoms with van der Waals surface area (Å²) in [6, 6.07) is 16.8. The standard InChI is InChI=1S/C27H24Cl2N2O2/c1-16-5-7-23(11-17(16)2)31-27(32)22(14-30)12-21-9-18(3)26(19(4)10-21)33-15-20-6-8-24(28)25(29)13-20/h5-13H,15H2,1-4H3,(H,31,32)/b22-12+. The number of nitrogens with zero attached hydrogens (tertiary/aromatic N) is 1. The molecular formula is C27H24Cl2N2O2. The molecule has 0 fully saturated rings. The van der Waals surface area contributed by atoms with Crippen molar-refractivity contribution in [1.29, 1.82) is 5.26 Å². The van der Waals surface area contributed by atoms with Crippen molar-refractivity contribution in [1.82, 2.24) is 0 Å². The molecule has 3 aromatic rings. The Labute approximate surface area is 204 Å². The molecule has 0 spiro atoms. The van der Waals surface area contributed by atoms with Crippen molar-refractivity contribution in [3.8, 4) is 11.8 Å². The summed E-state index contributed by atoms with van der Waals surface area (Å²) in [6.07, 6.45) is 1.58. The quantitative estimate of drug-likeness (QED) is 0.297. The first-order valence-electron chi connectivity index (χ1n) is 10.4. The molecule has 0 bridgehead atoms. The maximum absolute atomic E-state index is 12.6. The summed E-state index contributed by atoms with van der Waals surface area (Å²) in [5.74, 6) is 0.298. The fourth-order valence-electron chi connectivity index (χ4n) is 3.41. The number of halogens is 2. The van der Waals surface area contributed by atoms with Crippen molar-refractivity contribution < 1.29 is 9.53 Å². The van der Waals surface area contributed by atoms with Crippen molar-refractivity contribution in [2.75, 3.05) is 5.32 Å². The molecule has 6 heteroatoms. The molecule has 0 unspecified atom stereocenters. The molecule has 3 rings (SSSR count). The Hall–Kier alpha value is -3.26. The number of hydrogen-bond donors (Lipinski definition) is 1. The van der Waals surface area contributed by atoms with E-state index in [0.29, 0.717) is 22.3 Å². The van der Waals surface area contributed by atoms with Crippen LogP contribution < -0.4 is 10.1 Å². The lowest BCUT2D eigenvalue weighted by molar-refractivity contribution is -0.112. The Morgan fingerprint density at radius 1 is 0.939 bits per heavy atom. The third kappa shape index (κ3) is 6.16. The van der Waals surface area contributed by atoms with Crippen LogP contribution in [0.15, 0.2) is 54.1 Å². The fourth-order valence-corrected chi connectivity index (χ4v) is 3.73. The number of hydrogen-bond acceptors (Lipinski definition) is 3. The molecule has 0 saturated carbocycles. The summed E-state index contributed by atoms with van der Waals surface area (Å²) in [4.78, 5) is 12.6. The maximum Gasteiger partial charge on any atom is 0.266 e. The molecule has 0 heterocycles. The van der Waals surface area contributed by atoms with Gasteiger partial charge in [-0.3, -0.25) is 4.79 Å². The van der Waals surface area contributed by atoms with Crippen LogP contribution in [-0.2, 0) is 11.4 Å². The summed E-state index contributed by atoms with van der Waals surface area (Å²) < 4.78 is 6.02. The molecule has 0 aliphatic carbocycles. The van der Waals surface area contributed by atoms with Crippen LogP contribution in [0.3, 0.4) is 0 Å². The highest BCUT2D eigenvalue weighted by Crippen LogP contribution is 2.28. The Balaban J connectivity index is 1.77. The number of ether oxygens (including phenoxy) is 1. The molecule has 0 aliphatic rings.